The van der Waals surface area contributed by atoms with Crippen LogP contribution in [0.4, 0.5) is 0 Å². The summed E-state index contributed by atoms with van der Waals surface area (Å²) in [5.41, 5.74) is -0.0348. The fraction of sp³-hybridized carbons (Fsp3) is 0.905. The van der Waals surface area contributed by atoms with E-state index in [1.807, 2.05) is 6.08 Å². The van der Waals surface area contributed by atoms with Crippen molar-refractivity contribution < 1.29 is 19.7 Å². The average molecular weight is 350 g/mol. The average Bonchev–Trinajstić information content (AvgIpc) is 3.15. The summed E-state index contributed by atoms with van der Waals surface area (Å²) in [6, 6.07) is 0. The molecule has 0 amide bonds. The summed E-state index contributed by atoms with van der Waals surface area (Å²) in [4.78, 5) is 0. The molecule has 1 aliphatic heterocycles. The highest BCUT2D eigenvalue weighted by Gasteiger charge is 2.74. The molecule has 4 rings (SSSR count). The number of rotatable bonds is 3. The summed E-state index contributed by atoms with van der Waals surface area (Å²) in [7, 11) is 0. The highest BCUT2D eigenvalue weighted by molar-refractivity contribution is 5.20. The van der Waals surface area contributed by atoms with Gasteiger partial charge in [0.1, 0.15) is 0 Å². The van der Waals surface area contributed by atoms with Crippen molar-refractivity contribution in [3.05, 3.63) is 12.2 Å². The van der Waals surface area contributed by atoms with Crippen LogP contribution in [0.15, 0.2) is 12.2 Å². The molecule has 4 heteroatoms. The lowest BCUT2D eigenvalue weighted by atomic mass is 9.42. The Bertz CT molecular complexity index is 506. The Balaban J connectivity index is 1.50. The Morgan fingerprint density at radius 2 is 1.76 bits per heavy atom. The SMILES string of the molecule is CC1[C@@H]2[C@@H](/C=C/[C@@H](O)C3CCCCC3)[C@H](O)CC[C@]2(C)C12OCCO2. The van der Waals surface area contributed by atoms with Crippen LogP contribution in [0.1, 0.15) is 58.8 Å². The van der Waals surface area contributed by atoms with Crippen LogP contribution in [-0.2, 0) is 9.47 Å². The monoisotopic (exact) mass is 350 g/mol. The predicted octanol–water partition coefficient (Wildman–Crippen LogP) is 3.27. The van der Waals surface area contributed by atoms with Gasteiger partial charge in [-0.1, -0.05) is 45.3 Å². The van der Waals surface area contributed by atoms with Crippen LogP contribution in [0.2, 0.25) is 0 Å². The van der Waals surface area contributed by atoms with E-state index in [9.17, 15) is 10.2 Å². The predicted molar refractivity (Wildman–Crippen MR) is 95.8 cm³/mol. The molecular weight excluding hydrogens is 316 g/mol. The first-order valence-electron chi connectivity index (χ1n) is 10.3. The van der Waals surface area contributed by atoms with Crippen molar-refractivity contribution in [2.75, 3.05) is 13.2 Å². The fourth-order valence-electron chi connectivity index (χ4n) is 6.57. The van der Waals surface area contributed by atoms with Gasteiger partial charge < -0.3 is 19.7 Å². The molecule has 1 unspecified atom stereocenters. The third-order valence-corrected chi connectivity index (χ3v) is 7.87. The van der Waals surface area contributed by atoms with E-state index in [2.05, 4.69) is 19.9 Å². The van der Waals surface area contributed by atoms with Gasteiger partial charge in [-0.05, 0) is 37.5 Å². The molecule has 3 aliphatic carbocycles. The smallest absolute Gasteiger partial charge is 0.176 e. The number of fused-ring (bicyclic) bond motifs is 2. The molecule has 0 bridgehead atoms. The fourth-order valence-corrected chi connectivity index (χ4v) is 6.57. The van der Waals surface area contributed by atoms with Crippen molar-refractivity contribution in [2.24, 2.45) is 29.1 Å². The zero-order valence-corrected chi connectivity index (χ0v) is 15.7. The first-order valence-corrected chi connectivity index (χ1v) is 10.3. The van der Waals surface area contributed by atoms with Crippen molar-refractivity contribution >= 4 is 0 Å². The van der Waals surface area contributed by atoms with Crippen molar-refractivity contribution in [1.82, 2.24) is 0 Å². The van der Waals surface area contributed by atoms with Gasteiger partial charge in [-0.2, -0.15) is 0 Å². The molecule has 1 heterocycles. The summed E-state index contributed by atoms with van der Waals surface area (Å²) in [5, 5.41) is 21.2. The molecule has 0 aromatic carbocycles. The molecule has 1 spiro atoms. The van der Waals surface area contributed by atoms with E-state index in [1.54, 1.807) is 0 Å². The molecule has 0 aromatic heterocycles. The lowest BCUT2D eigenvalue weighted by Crippen LogP contribution is -2.73. The molecule has 1 saturated heterocycles. The maximum atomic E-state index is 10.7. The van der Waals surface area contributed by atoms with Gasteiger partial charge in [-0.25, -0.2) is 0 Å². The van der Waals surface area contributed by atoms with Gasteiger partial charge in [0.25, 0.3) is 0 Å². The van der Waals surface area contributed by atoms with E-state index in [0.717, 1.165) is 25.7 Å². The lowest BCUT2D eigenvalue weighted by Gasteiger charge is -2.68. The normalized spacial score (nSPS) is 45.4. The Kier molecular flexibility index (Phi) is 4.77. The van der Waals surface area contributed by atoms with Gasteiger partial charge in [0.05, 0.1) is 25.4 Å². The van der Waals surface area contributed by atoms with Crippen LogP contribution in [0.3, 0.4) is 0 Å². The molecule has 25 heavy (non-hydrogen) atoms. The van der Waals surface area contributed by atoms with Crippen molar-refractivity contribution in [3.63, 3.8) is 0 Å². The van der Waals surface area contributed by atoms with Gasteiger partial charge in [0.2, 0.25) is 0 Å². The zero-order valence-electron chi connectivity index (χ0n) is 15.7. The number of hydrogen-bond acceptors (Lipinski definition) is 4. The van der Waals surface area contributed by atoms with E-state index in [4.69, 9.17) is 9.47 Å². The maximum Gasteiger partial charge on any atom is 0.176 e. The molecule has 0 aromatic rings. The Hall–Kier alpha value is -0.420. The second-order valence-corrected chi connectivity index (χ2v) is 9.05. The van der Waals surface area contributed by atoms with Crippen LogP contribution in [0.25, 0.3) is 0 Å². The number of aliphatic hydroxyl groups excluding tert-OH is 2. The van der Waals surface area contributed by atoms with Crippen molar-refractivity contribution in [2.45, 2.75) is 76.8 Å². The quantitative estimate of drug-likeness (QED) is 0.767. The molecule has 142 valence electrons. The van der Waals surface area contributed by atoms with E-state index in [-0.39, 0.29) is 29.5 Å². The van der Waals surface area contributed by atoms with E-state index in [0.29, 0.717) is 25.0 Å². The summed E-state index contributed by atoms with van der Waals surface area (Å²) in [5.74, 6) is 0.654. The Morgan fingerprint density at radius 1 is 1.08 bits per heavy atom. The van der Waals surface area contributed by atoms with Crippen LogP contribution in [0, 0.1) is 29.1 Å². The van der Waals surface area contributed by atoms with Gasteiger partial charge in [0, 0.05) is 17.3 Å². The second-order valence-electron chi connectivity index (χ2n) is 9.05. The third kappa shape index (κ3) is 2.63. The standard InChI is InChI=1S/C21H34O4/c1-14-19-16(8-9-17(22)15-6-4-3-5-7-15)18(23)10-11-20(19,2)21(14)24-12-13-25-21/h8-9,14-19,22-23H,3-7,10-13H2,1-2H3/b9-8+/t14?,16-,17+,18+,19+,20-/m0/s1. The molecule has 6 atom stereocenters. The minimum Gasteiger partial charge on any atom is -0.393 e. The van der Waals surface area contributed by atoms with E-state index < -0.39 is 5.79 Å². The first-order chi connectivity index (χ1) is 12.0. The first kappa shape index (κ1) is 18.0. The molecule has 2 N–H and O–H groups in total. The highest BCUT2D eigenvalue weighted by atomic mass is 16.7. The van der Waals surface area contributed by atoms with E-state index >= 15 is 0 Å². The van der Waals surface area contributed by atoms with Crippen LogP contribution in [0.5, 0.6) is 0 Å². The second kappa shape index (κ2) is 6.63. The van der Waals surface area contributed by atoms with Gasteiger partial charge in [-0.15, -0.1) is 0 Å². The van der Waals surface area contributed by atoms with E-state index in [1.165, 1.54) is 19.3 Å². The van der Waals surface area contributed by atoms with Crippen LogP contribution in [-0.4, -0.2) is 41.4 Å². The highest BCUT2D eigenvalue weighted by Crippen LogP contribution is 2.69. The summed E-state index contributed by atoms with van der Waals surface area (Å²) in [6.07, 6.45) is 11.1. The molecular formula is C21H34O4. The maximum absolute atomic E-state index is 10.7. The van der Waals surface area contributed by atoms with Gasteiger partial charge >= 0.3 is 0 Å². The van der Waals surface area contributed by atoms with Gasteiger partial charge in [0.15, 0.2) is 5.79 Å². The molecule has 3 saturated carbocycles. The Labute approximate surface area is 151 Å². The van der Waals surface area contributed by atoms with Crippen molar-refractivity contribution in [1.29, 1.82) is 0 Å². The molecule has 0 radical (unpaired) electrons. The number of aliphatic hydroxyl groups is 2. The number of ether oxygens (including phenoxy) is 2. The zero-order chi connectivity index (χ0) is 17.7. The van der Waals surface area contributed by atoms with Gasteiger partial charge in [-0.3, -0.25) is 0 Å². The number of hydrogen-bond donors (Lipinski definition) is 2. The minimum atomic E-state index is -0.452. The summed E-state index contributed by atoms with van der Waals surface area (Å²) < 4.78 is 12.2. The van der Waals surface area contributed by atoms with Crippen molar-refractivity contribution in [3.8, 4) is 0 Å². The summed E-state index contributed by atoms with van der Waals surface area (Å²) >= 11 is 0. The third-order valence-electron chi connectivity index (χ3n) is 7.87. The largest absolute Gasteiger partial charge is 0.393 e. The van der Waals surface area contributed by atoms with Crippen LogP contribution < -0.4 is 0 Å². The molecule has 4 nitrogen and oxygen atoms in total. The Morgan fingerprint density at radius 3 is 2.44 bits per heavy atom. The minimum absolute atomic E-state index is 0.0348. The van der Waals surface area contributed by atoms with Crippen LogP contribution >= 0.6 is 0 Å². The lowest BCUT2D eigenvalue weighted by molar-refractivity contribution is -0.380. The summed E-state index contributed by atoms with van der Waals surface area (Å²) in [6.45, 7) is 5.83. The topological polar surface area (TPSA) is 58.9 Å². The molecule has 4 fully saturated rings. The molecule has 4 aliphatic rings.